The van der Waals surface area contributed by atoms with E-state index in [4.69, 9.17) is 5.11 Å². The number of benzene rings is 3. The zero-order valence-corrected chi connectivity index (χ0v) is 15.5. The molecule has 0 atom stereocenters. The minimum absolute atomic E-state index is 0.0606. The first-order valence-corrected chi connectivity index (χ1v) is 9.47. The number of aromatic hydroxyl groups is 1. The molecule has 0 amide bonds. The minimum Gasteiger partial charge on any atom is -0.506 e. The van der Waals surface area contributed by atoms with Crippen LogP contribution in [-0.2, 0) is 10.0 Å². The van der Waals surface area contributed by atoms with Gasteiger partial charge in [0, 0.05) is 30.6 Å². The number of phenols is 1. The molecule has 0 bridgehead atoms. The number of nitrogens with zero attached hydrogens (tertiary/aromatic N) is 1. The highest BCUT2D eigenvalue weighted by atomic mass is 32.2. The minimum atomic E-state index is -4.01. The number of carbonyl (C=O) groups is 1. The molecular weight excluding hydrogens is 368 g/mol. The number of aromatic carboxylic acids is 1. The largest absolute Gasteiger partial charge is 0.506 e. The molecular formula is C19H18N2O5S. The highest BCUT2D eigenvalue weighted by molar-refractivity contribution is 7.93. The summed E-state index contributed by atoms with van der Waals surface area (Å²) in [5.41, 5.74) is 0.634. The summed E-state index contributed by atoms with van der Waals surface area (Å²) < 4.78 is 28.2. The van der Waals surface area contributed by atoms with E-state index in [2.05, 4.69) is 4.72 Å². The van der Waals surface area contributed by atoms with E-state index < -0.39 is 21.7 Å². The number of nitrogens with one attached hydrogen (secondary N) is 1. The number of rotatable bonds is 5. The van der Waals surface area contributed by atoms with Gasteiger partial charge in [-0.15, -0.1) is 0 Å². The highest BCUT2D eigenvalue weighted by Crippen LogP contribution is 2.32. The maximum Gasteiger partial charge on any atom is 0.335 e. The SMILES string of the molecule is CN(C)c1cccc2c(S(=O)(=O)Nc3ccc(C(=O)O)cc3O)cccc12. The number of hydrogen-bond acceptors (Lipinski definition) is 5. The van der Waals surface area contributed by atoms with Crippen LogP contribution in [0.15, 0.2) is 59.5 Å². The molecule has 3 rings (SSSR count). The van der Waals surface area contributed by atoms with E-state index in [1.165, 1.54) is 18.2 Å². The van der Waals surface area contributed by atoms with Crippen LogP contribution in [0.1, 0.15) is 10.4 Å². The van der Waals surface area contributed by atoms with Crippen molar-refractivity contribution >= 4 is 38.1 Å². The summed E-state index contributed by atoms with van der Waals surface area (Å²) in [6, 6.07) is 13.8. The third-order valence-corrected chi connectivity index (χ3v) is 5.54. The number of sulfonamides is 1. The lowest BCUT2D eigenvalue weighted by atomic mass is 10.1. The normalized spacial score (nSPS) is 11.3. The van der Waals surface area contributed by atoms with Crippen molar-refractivity contribution in [3.8, 4) is 5.75 Å². The van der Waals surface area contributed by atoms with Gasteiger partial charge in [0.05, 0.1) is 16.1 Å². The maximum atomic E-state index is 12.9. The zero-order chi connectivity index (χ0) is 19.8. The second kappa shape index (κ2) is 6.81. The van der Waals surface area contributed by atoms with Gasteiger partial charge in [-0.25, -0.2) is 13.2 Å². The first kappa shape index (κ1) is 18.5. The Morgan fingerprint density at radius 2 is 1.67 bits per heavy atom. The molecule has 0 aliphatic carbocycles. The number of carboxylic acid groups (broad SMARTS) is 1. The van der Waals surface area contributed by atoms with Gasteiger partial charge in [-0.3, -0.25) is 4.72 Å². The standard InChI is InChI=1S/C19H18N2O5S/c1-21(2)16-7-3-6-14-13(16)5-4-8-18(14)27(25,26)20-15-10-9-12(19(23)24)11-17(15)22/h3-11,20,22H,1-2H3,(H,23,24). The Morgan fingerprint density at radius 1 is 1.00 bits per heavy atom. The predicted molar refractivity (Wildman–Crippen MR) is 104 cm³/mol. The van der Waals surface area contributed by atoms with E-state index in [0.717, 1.165) is 17.1 Å². The molecule has 8 heteroatoms. The fourth-order valence-corrected chi connectivity index (χ4v) is 4.14. The molecule has 0 saturated heterocycles. The summed E-state index contributed by atoms with van der Waals surface area (Å²) in [4.78, 5) is 12.9. The maximum absolute atomic E-state index is 12.9. The average molecular weight is 386 g/mol. The molecule has 0 aliphatic heterocycles. The molecule has 3 N–H and O–H groups in total. The van der Waals surface area contributed by atoms with Crippen molar-refractivity contribution in [2.45, 2.75) is 4.90 Å². The van der Waals surface area contributed by atoms with E-state index in [0.29, 0.717) is 5.39 Å². The van der Waals surface area contributed by atoms with Crippen LogP contribution in [-0.4, -0.2) is 38.7 Å². The molecule has 0 heterocycles. The number of hydrogen-bond donors (Lipinski definition) is 3. The number of fused-ring (bicyclic) bond motifs is 1. The zero-order valence-electron chi connectivity index (χ0n) is 14.7. The lowest BCUT2D eigenvalue weighted by Crippen LogP contribution is -2.14. The Bertz CT molecular complexity index is 1140. The Balaban J connectivity index is 2.08. The summed E-state index contributed by atoms with van der Waals surface area (Å²) in [6.07, 6.45) is 0. The van der Waals surface area contributed by atoms with Crippen LogP contribution >= 0.6 is 0 Å². The van der Waals surface area contributed by atoms with Crippen LogP contribution in [0.5, 0.6) is 5.75 Å². The van der Waals surface area contributed by atoms with Crippen molar-refractivity contribution in [1.29, 1.82) is 0 Å². The molecule has 3 aromatic rings. The van der Waals surface area contributed by atoms with E-state index in [9.17, 15) is 18.3 Å². The van der Waals surface area contributed by atoms with Gasteiger partial charge in [0.15, 0.2) is 0 Å². The molecule has 0 spiro atoms. The van der Waals surface area contributed by atoms with Gasteiger partial charge < -0.3 is 15.1 Å². The molecule has 0 unspecified atom stereocenters. The van der Waals surface area contributed by atoms with E-state index >= 15 is 0 Å². The molecule has 27 heavy (non-hydrogen) atoms. The molecule has 7 nitrogen and oxygen atoms in total. The smallest absolute Gasteiger partial charge is 0.335 e. The fraction of sp³-hybridized carbons (Fsp3) is 0.105. The summed E-state index contributed by atoms with van der Waals surface area (Å²) in [5.74, 6) is -1.68. The molecule has 3 aromatic carbocycles. The molecule has 0 fully saturated rings. The van der Waals surface area contributed by atoms with Crippen molar-refractivity contribution in [3.63, 3.8) is 0 Å². The van der Waals surface area contributed by atoms with Crippen LogP contribution in [0, 0.1) is 0 Å². The van der Waals surface area contributed by atoms with Crippen molar-refractivity contribution in [2.24, 2.45) is 0 Å². The lowest BCUT2D eigenvalue weighted by molar-refractivity contribution is 0.0696. The number of anilines is 2. The quantitative estimate of drug-likeness (QED) is 0.582. The van der Waals surface area contributed by atoms with Crippen LogP contribution in [0.3, 0.4) is 0 Å². The molecule has 0 aromatic heterocycles. The van der Waals surface area contributed by atoms with Crippen molar-refractivity contribution < 1.29 is 23.4 Å². The average Bonchev–Trinajstić information content (AvgIpc) is 2.61. The fourth-order valence-electron chi connectivity index (χ4n) is 2.84. The summed E-state index contributed by atoms with van der Waals surface area (Å²) in [6.45, 7) is 0. The van der Waals surface area contributed by atoms with Crippen LogP contribution in [0.4, 0.5) is 11.4 Å². The van der Waals surface area contributed by atoms with E-state index in [1.54, 1.807) is 18.2 Å². The highest BCUT2D eigenvalue weighted by Gasteiger charge is 2.20. The second-order valence-corrected chi connectivity index (χ2v) is 7.82. The monoisotopic (exact) mass is 386 g/mol. The van der Waals surface area contributed by atoms with Gasteiger partial charge in [0.25, 0.3) is 10.0 Å². The van der Waals surface area contributed by atoms with Gasteiger partial charge in [-0.2, -0.15) is 0 Å². The topological polar surface area (TPSA) is 107 Å². The first-order chi connectivity index (χ1) is 12.7. The second-order valence-electron chi connectivity index (χ2n) is 6.17. The Kier molecular flexibility index (Phi) is 4.67. The van der Waals surface area contributed by atoms with E-state index in [1.807, 2.05) is 31.1 Å². The first-order valence-electron chi connectivity index (χ1n) is 7.99. The number of carboxylic acids is 1. The van der Waals surface area contributed by atoms with Crippen molar-refractivity contribution in [2.75, 3.05) is 23.7 Å². The van der Waals surface area contributed by atoms with Crippen molar-refractivity contribution in [1.82, 2.24) is 0 Å². The van der Waals surface area contributed by atoms with Crippen molar-refractivity contribution in [3.05, 3.63) is 60.2 Å². The third kappa shape index (κ3) is 3.52. The summed E-state index contributed by atoms with van der Waals surface area (Å²) in [7, 11) is -0.271. The van der Waals surface area contributed by atoms with Gasteiger partial charge in [0.2, 0.25) is 0 Å². The summed E-state index contributed by atoms with van der Waals surface area (Å²) >= 11 is 0. The van der Waals surface area contributed by atoms with Gasteiger partial charge in [0.1, 0.15) is 5.75 Å². The van der Waals surface area contributed by atoms with Crippen LogP contribution in [0.2, 0.25) is 0 Å². The molecule has 0 radical (unpaired) electrons. The Labute approximate surface area is 156 Å². The van der Waals surface area contributed by atoms with E-state index in [-0.39, 0.29) is 16.1 Å². The molecule has 0 aliphatic rings. The Hall–Kier alpha value is -3.26. The number of phenolic OH excluding ortho intramolecular Hbond substituents is 1. The molecule has 0 saturated carbocycles. The van der Waals surface area contributed by atoms with Gasteiger partial charge in [-0.1, -0.05) is 24.3 Å². The molecule has 140 valence electrons. The van der Waals surface area contributed by atoms with Gasteiger partial charge >= 0.3 is 5.97 Å². The lowest BCUT2D eigenvalue weighted by Gasteiger charge is -2.17. The third-order valence-electron chi connectivity index (χ3n) is 4.12. The van der Waals surface area contributed by atoms with Crippen LogP contribution < -0.4 is 9.62 Å². The summed E-state index contributed by atoms with van der Waals surface area (Å²) in [5, 5.41) is 20.2. The van der Waals surface area contributed by atoms with Gasteiger partial charge in [-0.05, 0) is 30.3 Å². The predicted octanol–water partition coefficient (Wildman–Crippen LogP) is 3.11. The van der Waals surface area contributed by atoms with Crippen LogP contribution in [0.25, 0.3) is 10.8 Å². The Morgan fingerprint density at radius 3 is 2.30 bits per heavy atom.